The SMILES string of the molecule is CNCC1CCCN(C(=O)CCc2ccc(Br)c(C)c2)C1. The zero-order valence-electron chi connectivity index (χ0n) is 13.0. The van der Waals surface area contributed by atoms with Gasteiger partial charge in [0.25, 0.3) is 0 Å². The number of likely N-dealkylation sites (tertiary alicyclic amines) is 1. The fourth-order valence-corrected chi connectivity index (χ4v) is 3.27. The number of hydrogen-bond acceptors (Lipinski definition) is 2. The monoisotopic (exact) mass is 352 g/mol. The molecule has 1 fully saturated rings. The molecule has 0 saturated carbocycles. The Morgan fingerprint density at radius 2 is 2.29 bits per heavy atom. The van der Waals surface area contributed by atoms with Gasteiger partial charge in [0, 0.05) is 24.0 Å². The number of nitrogens with one attached hydrogen (secondary N) is 1. The molecular weight excluding hydrogens is 328 g/mol. The fraction of sp³-hybridized carbons (Fsp3) is 0.588. The van der Waals surface area contributed by atoms with E-state index in [0.29, 0.717) is 18.2 Å². The van der Waals surface area contributed by atoms with Gasteiger partial charge in [-0.15, -0.1) is 0 Å². The largest absolute Gasteiger partial charge is 0.342 e. The lowest BCUT2D eigenvalue weighted by atomic mass is 9.97. The molecule has 0 spiro atoms. The molecule has 1 aromatic carbocycles. The normalized spacial score (nSPS) is 18.8. The van der Waals surface area contributed by atoms with E-state index >= 15 is 0 Å². The molecule has 4 heteroatoms. The third kappa shape index (κ3) is 4.82. The van der Waals surface area contributed by atoms with Crippen molar-refractivity contribution in [1.29, 1.82) is 0 Å². The van der Waals surface area contributed by atoms with Crippen molar-refractivity contribution in [2.45, 2.75) is 32.6 Å². The van der Waals surface area contributed by atoms with Crippen molar-refractivity contribution in [3.05, 3.63) is 33.8 Å². The molecule has 1 unspecified atom stereocenters. The highest BCUT2D eigenvalue weighted by Crippen LogP contribution is 2.20. The first-order valence-corrected chi connectivity index (χ1v) is 8.57. The minimum atomic E-state index is 0.302. The predicted molar refractivity (Wildman–Crippen MR) is 90.4 cm³/mol. The quantitative estimate of drug-likeness (QED) is 0.882. The molecule has 0 aromatic heterocycles. The summed E-state index contributed by atoms with van der Waals surface area (Å²) in [7, 11) is 1.98. The van der Waals surface area contributed by atoms with Crippen LogP contribution in [0.2, 0.25) is 0 Å². The van der Waals surface area contributed by atoms with Gasteiger partial charge in [-0.2, -0.15) is 0 Å². The number of benzene rings is 1. The summed E-state index contributed by atoms with van der Waals surface area (Å²) in [5, 5.41) is 3.22. The van der Waals surface area contributed by atoms with Crippen LogP contribution in [-0.4, -0.2) is 37.5 Å². The van der Waals surface area contributed by atoms with Gasteiger partial charge in [-0.25, -0.2) is 0 Å². The molecule has 21 heavy (non-hydrogen) atoms. The summed E-state index contributed by atoms with van der Waals surface area (Å²) in [4.78, 5) is 14.4. The summed E-state index contributed by atoms with van der Waals surface area (Å²) in [6.45, 7) is 4.94. The molecule has 1 saturated heterocycles. The van der Waals surface area contributed by atoms with Crippen LogP contribution < -0.4 is 5.32 Å². The molecule has 1 aromatic rings. The van der Waals surface area contributed by atoms with Crippen molar-refractivity contribution in [2.24, 2.45) is 5.92 Å². The van der Waals surface area contributed by atoms with E-state index < -0.39 is 0 Å². The summed E-state index contributed by atoms with van der Waals surface area (Å²) in [6, 6.07) is 6.33. The van der Waals surface area contributed by atoms with Crippen LogP contribution in [0, 0.1) is 12.8 Å². The lowest BCUT2D eigenvalue weighted by Crippen LogP contribution is -2.42. The van der Waals surface area contributed by atoms with E-state index in [1.54, 1.807) is 0 Å². The lowest BCUT2D eigenvalue weighted by molar-refractivity contribution is -0.132. The zero-order chi connectivity index (χ0) is 15.2. The average molecular weight is 353 g/mol. The molecular formula is C17H25BrN2O. The molecule has 0 bridgehead atoms. The summed E-state index contributed by atoms with van der Waals surface area (Å²) >= 11 is 3.51. The van der Waals surface area contributed by atoms with Gasteiger partial charge in [0.2, 0.25) is 5.91 Å². The number of piperidine rings is 1. The molecule has 1 amide bonds. The van der Waals surface area contributed by atoms with E-state index in [-0.39, 0.29) is 0 Å². The van der Waals surface area contributed by atoms with Crippen molar-refractivity contribution in [3.63, 3.8) is 0 Å². The Morgan fingerprint density at radius 1 is 1.48 bits per heavy atom. The van der Waals surface area contributed by atoms with Crippen LogP contribution in [0.4, 0.5) is 0 Å². The topological polar surface area (TPSA) is 32.3 Å². The van der Waals surface area contributed by atoms with Crippen molar-refractivity contribution < 1.29 is 4.79 Å². The predicted octanol–water partition coefficient (Wildman–Crippen LogP) is 3.15. The van der Waals surface area contributed by atoms with E-state index in [1.165, 1.54) is 17.5 Å². The standard InChI is InChI=1S/C17H25BrN2O/c1-13-10-14(5-7-16(13)18)6-8-17(21)20-9-3-4-15(12-20)11-19-2/h5,7,10,15,19H,3-4,6,8-9,11-12H2,1-2H3. The first-order chi connectivity index (χ1) is 10.1. The number of amides is 1. The second kappa shape index (κ2) is 7.95. The van der Waals surface area contributed by atoms with Crippen molar-refractivity contribution in [1.82, 2.24) is 10.2 Å². The summed E-state index contributed by atoms with van der Waals surface area (Å²) in [6.07, 6.45) is 3.82. The van der Waals surface area contributed by atoms with Crippen LogP contribution in [0.15, 0.2) is 22.7 Å². The second-order valence-electron chi connectivity index (χ2n) is 5.99. The van der Waals surface area contributed by atoms with Crippen molar-refractivity contribution >= 4 is 21.8 Å². The highest BCUT2D eigenvalue weighted by atomic mass is 79.9. The second-order valence-corrected chi connectivity index (χ2v) is 6.84. The Labute approximate surface area is 136 Å². The van der Waals surface area contributed by atoms with Crippen LogP contribution in [0.25, 0.3) is 0 Å². The maximum absolute atomic E-state index is 12.4. The lowest BCUT2D eigenvalue weighted by Gasteiger charge is -2.32. The minimum Gasteiger partial charge on any atom is -0.342 e. The Hall–Kier alpha value is -0.870. The third-order valence-corrected chi connectivity index (χ3v) is 5.10. The van der Waals surface area contributed by atoms with Gasteiger partial charge >= 0.3 is 0 Å². The van der Waals surface area contributed by atoms with E-state index in [9.17, 15) is 4.79 Å². The first-order valence-electron chi connectivity index (χ1n) is 7.77. The highest BCUT2D eigenvalue weighted by Gasteiger charge is 2.22. The van der Waals surface area contributed by atoms with Gasteiger partial charge in [-0.05, 0) is 62.9 Å². The van der Waals surface area contributed by atoms with Gasteiger partial charge in [-0.1, -0.05) is 28.1 Å². The Kier molecular flexibility index (Phi) is 6.24. The number of rotatable bonds is 5. The van der Waals surface area contributed by atoms with Gasteiger partial charge in [0.1, 0.15) is 0 Å². The molecule has 2 rings (SSSR count). The van der Waals surface area contributed by atoms with Crippen molar-refractivity contribution in [3.8, 4) is 0 Å². The van der Waals surface area contributed by atoms with Crippen LogP contribution in [0.1, 0.15) is 30.4 Å². The highest BCUT2D eigenvalue weighted by molar-refractivity contribution is 9.10. The molecule has 1 aliphatic heterocycles. The molecule has 1 N–H and O–H groups in total. The van der Waals surface area contributed by atoms with Crippen LogP contribution in [0.5, 0.6) is 0 Å². The molecule has 0 radical (unpaired) electrons. The number of carbonyl (C=O) groups is 1. The number of aryl methyl sites for hydroxylation is 2. The molecule has 1 heterocycles. The number of nitrogens with zero attached hydrogens (tertiary/aromatic N) is 1. The van der Waals surface area contributed by atoms with E-state index in [0.717, 1.165) is 36.9 Å². The maximum atomic E-state index is 12.4. The molecule has 0 aliphatic carbocycles. The fourth-order valence-electron chi connectivity index (χ4n) is 3.02. The molecule has 3 nitrogen and oxygen atoms in total. The van der Waals surface area contributed by atoms with E-state index in [4.69, 9.17) is 0 Å². The molecule has 116 valence electrons. The summed E-state index contributed by atoms with van der Waals surface area (Å²) in [5.74, 6) is 0.916. The number of carbonyl (C=O) groups excluding carboxylic acids is 1. The smallest absolute Gasteiger partial charge is 0.222 e. The third-order valence-electron chi connectivity index (χ3n) is 4.21. The Bertz CT molecular complexity index is 488. The number of hydrogen-bond donors (Lipinski definition) is 1. The van der Waals surface area contributed by atoms with Crippen LogP contribution >= 0.6 is 15.9 Å². The maximum Gasteiger partial charge on any atom is 0.222 e. The minimum absolute atomic E-state index is 0.302. The van der Waals surface area contributed by atoms with Crippen LogP contribution in [0.3, 0.4) is 0 Å². The molecule has 1 atom stereocenters. The van der Waals surface area contributed by atoms with Gasteiger partial charge in [-0.3, -0.25) is 4.79 Å². The Balaban J connectivity index is 1.84. The Morgan fingerprint density at radius 3 is 3.00 bits per heavy atom. The van der Waals surface area contributed by atoms with Gasteiger partial charge in [0.15, 0.2) is 0 Å². The molecule has 1 aliphatic rings. The number of halogens is 1. The van der Waals surface area contributed by atoms with Gasteiger partial charge < -0.3 is 10.2 Å². The van der Waals surface area contributed by atoms with Crippen LogP contribution in [-0.2, 0) is 11.2 Å². The van der Waals surface area contributed by atoms with E-state index in [2.05, 4.69) is 51.3 Å². The van der Waals surface area contributed by atoms with Gasteiger partial charge in [0.05, 0.1) is 0 Å². The van der Waals surface area contributed by atoms with Crippen molar-refractivity contribution in [2.75, 3.05) is 26.7 Å². The first kappa shape index (κ1) is 16.5. The average Bonchev–Trinajstić information content (AvgIpc) is 2.49. The zero-order valence-corrected chi connectivity index (χ0v) is 14.6. The van der Waals surface area contributed by atoms with E-state index in [1.807, 2.05) is 7.05 Å². The summed E-state index contributed by atoms with van der Waals surface area (Å²) < 4.78 is 1.13. The summed E-state index contributed by atoms with van der Waals surface area (Å²) in [5.41, 5.74) is 2.47.